The number of benzene rings is 3. The minimum Gasteiger partial charge on any atom is -0.492 e. The molecule has 0 amide bonds. The normalized spacial score (nSPS) is 14.8. The molecular formula is C30H36N2O6S. The summed E-state index contributed by atoms with van der Waals surface area (Å²) in [5.74, 6) is -0.465. The minimum atomic E-state index is -4.19. The Bertz CT molecular complexity index is 1420. The number of hydrogen-bond donors (Lipinski definition) is 1. The maximum absolute atomic E-state index is 13.4. The molecule has 0 aliphatic carbocycles. The number of sulfonamides is 1. The summed E-state index contributed by atoms with van der Waals surface area (Å²) >= 11 is 0. The molecule has 0 aromatic heterocycles. The summed E-state index contributed by atoms with van der Waals surface area (Å²) in [7, 11) is -4.19. The Morgan fingerprint density at radius 2 is 1.77 bits per heavy atom. The molecule has 1 aliphatic rings. The molecule has 1 N–H and O–H groups in total. The summed E-state index contributed by atoms with van der Waals surface area (Å²) in [6, 6.07) is 17.9. The summed E-state index contributed by atoms with van der Waals surface area (Å²) in [5, 5.41) is 2.25. The van der Waals surface area contributed by atoms with Crippen molar-refractivity contribution in [1.82, 2.24) is 4.72 Å². The van der Waals surface area contributed by atoms with Gasteiger partial charge < -0.3 is 19.2 Å². The zero-order valence-electron chi connectivity index (χ0n) is 22.7. The van der Waals surface area contributed by atoms with E-state index in [9.17, 15) is 18.0 Å². The van der Waals surface area contributed by atoms with Crippen LogP contribution >= 0.6 is 0 Å². The van der Waals surface area contributed by atoms with Crippen LogP contribution < -0.4 is 14.4 Å². The van der Waals surface area contributed by atoms with E-state index >= 15 is 0 Å². The Labute approximate surface area is 230 Å². The third-order valence-corrected chi connectivity index (χ3v) is 8.00. The number of ether oxygens (including phenoxy) is 2. The van der Waals surface area contributed by atoms with Crippen LogP contribution in [0.1, 0.15) is 45.6 Å². The number of esters is 1. The van der Waals surface area contributed by atoms with Gasteiger partial charge in [-0.15, -0.1) is 0 Å². The lowest BCUT2D eigenvalue weighted by Gasteiger charge is -2.22. The highest BCUT2D eigenvalue weighted by Crippen LogP contribution is 2.31. The van der Waals surface area contributed by atoms with Gasteiger partial charge in [0.1, 0.15) is 22.5 Å². The molecule has 9 heteroatoms. The van der Waals surface area contributed by atoms with Crippen LogP contribution in [0.5, 0.6) is 5.75 Å². The predicted octanol–water partition coefficient (Wildman–Crippen LogP) is 4.64. The highest BCUT2D eigenvalue weighted by Gasteiger charge is 2.28. The first-order valence-electron chi connectivity index (χ1n) is 13.2. The Morgan fingerprint density at radius 1 is 1.05 bits per heavy atom. The van der Waals surface area contributed by atoms with Gasteiger partial charge in [0.25, 0.3) is 0 Å². The van der Waals surface area contributed by atoms with Gasteiger partial charge in [0.05, 0.1) is 19.1 Å². The summed E-state index contributed by atoms with van der Waals surface area (Å²) in [4.78, 5) is 26.0. The first-order valence-corrected chi connectivity index (χ1v) is 14.7. The van der Waals surface area contributed by atoms with Crippen molar-refractivity contribution in [2.75, 3.05) is 24.6 Å². The SMILES string of the molecule is CC(C)(C)OC(=O)CC(C=O)NS(=O)(=O)c1ccc(N2CCCC2)cc1OCCc1cccc2ccccc12. The van der Waals surface area contributed by atoms with Gasteiger partial charge in [-0.25, -0.2) is 13.1 Å². The summed E-state index contributed by atoms with van der Waals surface area (Å²) < 4.78 is 40.5. The van der Waals surface area contributed by atoms with Crippen LogP contribution in [0, 0.1) is 0 Å². The Morgan fingerprint density at radius 3 is 2.49 bits per heavy atom. The van der Waals surface area contributed by atoms with E-state index in [0.29, 0.717) is 12.7 Å². The third-order valence-electron chi connectivity index (χ3n) is 6.47. The van der Waals surface area contributed by atoms with Crippen LogP contribution in [0.2, 0.25) is 0 Å². The van der Waals surface area contributed by atoms with E-state index in [4.69, 9.17) is 9.47 Å². The van der Waals surface area contributed by atoms with Crippen molar-refractivity contribution >= 4 is 38.7 Å². The van der Waals surface area contributed by atoms with E-state index in [0.717, 1.165) is 48.0 Å². The van der Waals surface area contributed by atoms with Gasteiger partial charge in [-0.3, -0.25) is 4.79 Å². The van der Waals surface area contributed by atoms with Crippen molar-refractivity contribution in [2.24, 2.45) is 0 Å². The van der Waals surface area contributed by atoms with E-state index in [-0.39, 0.29) is 17.3 Å². The topological polar surface area (TPSA) is 102 Å². The number of fused-ring (bicyclic) bond motifs is 1. The number of rotatable bonds is 11. The first-order chi connectivity index (χ1) is 18.6. The van der Waals surface area contributed by atoms with Crippen molar-refractivity contribution in [1.29, 1.82) is 0 Å². The molecule has 1 saturated heterocycles. The van der Waals surface area contributed by atoms with Crippen molar-refractivity contribution in [3.05, 3.63) is 66.2 Å². The van der Waals surface area contributed by atoms with Crippen LogP contribution in [0.4, 0.5) is 5.69 Å². The minimum absolute atomic E-state index is 0.0839. The molecule has 1 atom stereocenters. The number of anilines is 1. The van der Waals surface area contributed by atoms with E-state index in [1.165, 1.54) is 6.07 Å². The maximum Gasteiger partial charge on any atom is 0.308 e. The van der Waals surface area contributed by atoms with E-state index in [2.05, 4.69) is 27.8 Å². The van der Waals surface area contributed by atoms with Crippen LogP contribution in [0.3, 0.4) is 0 Å². The van der Waals surface area contributed by atoms with Crippen molar-refractivity contribution < 1.29 is 27.5 Å². The largest absolute Gasteiger partial charge is 0.492 e. The predicted molar refractivity (Wildman–Crippen MR) is 152 cm³/mol. The molecule has 3 aromatic carbocycles. The molecule has 1 fully saturated rings. The van der Waals surface area contributed by atoms with Gasteiger partial charge in [0, 0.05) is 31.3 Å². The molecule has 4 rings (SSSR count). The van der Waals surface area contributed by atoms with Crippen LogP contribution in [0.25, 0.3) is 10.8 Å². The maximum atomic E-state index is 13.4. The molecule has 0 saturated carbocycles. The molecule has 1 heterocycles. The molecule has 3 aromatic rings. The van der Waals surface area contributed by atoms with Gasteiger partial charge in [0.2, 0.25) is 10.0 Å². The Kier molecular flexibility index (Phi) is 8.92. The zero-order chi connectivity index (χ0) is 28.0. The monoisotopic (exact) mass is 552 g/mol. The second kappa shape index (κ2) is 12.2. The fraction of sp³-hybridized carbons (Fsp3) is 0.400. The molecular weight excluding hydrogens is 516 g/mol. The molecule has 0 spiro atoms. The summed E-state index contributed by atoms with van der Waals surface area (Å²) in [6.45, 7) is 7.15. The molecule has 208 valence electrons. The lowest BCUT2D eigenvalue weighted by atomic mass is 10.0. The van der Waals surface area contributed by atoms with Gasteiger partial charge in [-0.1, -0.05) is 42.5 Å². The molecule has 0 bridgehead atoms. The number of aldehydes is 1. The molecule has 8 nitrogen and oxygen atoms in total. The second-order valence-electron chi connectivity index (χ2n) is 10.7. The van der Waals surface area contributed by atoms with Crippen LogP contribution in [-0.4, -0.2) is 52.0 Å². The van der Waals surface area contributed by atoms with Gasteiger partial charge in [-0.05, 0) is 62.1 Å². The molecule has 1 aliphatic heterocycles. The lowest BCUT2D eigenvalue weighted by molar-refractivity contribution is -0.155. The number of nitrogens with one attached hydrogen (secondary N) is 1. The first kappa shape index (κ1) is 28.6. The van der Waals surface area contributed by atoms with Crippen molar-refractivity contribution in [2.45, 2.75) is 63.0 Å². The van der Waals surface area contributed by atoms with Crippen LogP contribution in [0.15, 0.2) is 65.6 Å². The smallest absolute Gasteiger partial charge is 0.308 e. The Balaban J connectivity index is 1.55. The summed E-state index contributed by atoms with van der Waals surface area (Å²) in [5.41, 5.74) is 1.23. The Hall–Kier alpha value is -3.43. The van der Waals surface area contributed by atoms with Crippen molar-refractivity contribution in [3.8, 4) is 5.75 Å². The van der Waals surface area contributed by atoms with E-state index in [1.54, 1.807) is 32.9 Å². The van der Waals surface area contributed by atoms with Crippen LogP contribution in [-0.2, 0) is 30.8 Å². The van der Waals surface area contributed by atoms with Gasteiger partial charge in [-0.2, -0.15) is 0 Å². The summed E-state index contributed by atoms with van der Waals surface area (Å²) in [6.07, 6.45) is 2.72. The third kappa shape index (κ3) is 7.58. The average Bonchev–Trinajstić information content (AvgIpc) is 3.42. The molecule has 0 radical (unpaired) electrons. The highest BCUT2D eigenvalue weighted by molar-refractivity contribution is 7.89. The fourth-order valence-corrected chi connectivity index (χ4v) is 6.02. The number of nitrogens with zero attached hydrogens (tertiary/aromatic N) is 1. The molecule has 39 heavy (non-hydrogen) atoms. The zero-order valence-corrected chi connectivity index (χ0v) is 23.5. The van der Waals surface area contributed by atoms with E-state index in [1.807, 2.05) is 24.3 Å². The van der Waals surface area contributed by atoms with Crippen molar-refractivity contribution in [3.63, 3.8) is 0 Å². The number of carbonyl (C=O) groups is 2. The highest BCUT2D eigenvalue weighted by atomic mass is 32.2. The standard InChI is InChI=1S/C30H36N2O6S/c1-30(2,3)38-29(34)19-24(21-33)31-39(35,36)28-14-13-25(32-16-6-7-17-32)20-27(28)37-18-15-23-11-8-10-22-9-4-5-12-26(22)23/h4-5,8-14,20-21,24,31H,6-7,15-19H2,1-3H3. The number of hydrogen-bond acceptors (Lipinski definition) is 7. The van der Waals surface area contributed by atoms with Gasteiger partial charge >= 0.3 is 5.97 Å². The molecule has 1 unspecified atom stereocenters. The quantitative estimate of drug-likeness (QED) is 0.273. The second-order valence-corrected chi connectivity index (χ2v) is 12.4. The fourth-order valence-electron chi connectivity index (χ4n) is 4.73. The average molecular weight is 553 g/mol. The lowest BCUT2D eigenvalue weighted by Crippen LogP contribution is -2.39. The number of carbonyl (C=O) groups excluding carboxylic acids is 2. The van der Waals surface area contributed by atoms with E-state index < -0.39 is 34.1 Å². The van der Waals surface area contributed by atoms with Gasteiger partial charge in [0.15, 0.2) is 0 Å².